The third-order valence-corrected chi connectivity index (χ3v) is 5.94. The number of pyridine rings is 1. The van der Waals surface area contributed by atoms with Crippen molar-refractivity contribution >= 4 is 34.2 Å². The zero-order chi connectivity index (χ0) is 22.5. The SMILES string of the molecule is CC/C=C(\C=C/CN1CCOCC1)c1nc2nc(O[C@H]3C[C@@H](NC(C)=O)C3)[nH]c2cc1Cl. The molecule has 2 aromatic rings. The summed E-state index contributed by atoms with van der Waals surface area (Å²) in [6.07, 6.45) is 8.80. The molecule has 32 heavy (non-hydrogen) atoms. The fourth-order valence-electron chi connectivity index (χ4n) is 3.96. The van der Waals surface area contributed by atoms with E-state index < -0.39 is 0 Å². The lowest BCUT2D eigenvalue weighted by atomic mass is 9.89. The summed E-state index contributed by atoms with van der Waals surface area (Å²) in [5.74, 6) is -0.0153. The topological polar surface area (TPSA) is 92.4 Å². The Morgan fingerprint density at radius 1 is 1.38 bits per heavy atom. The van der Waals surface area contributed by atoms with E-state index in [0.29, 0.717) is 22.4 Å². The van der Waals surface area contributed by atoms with Gasteiger partial charge >= 0.3 is 0 Å². The first-order chi connectivity index (χ1) is 15.5. The van der Waals surface area contributed by atoms with E-state index in [0.717, 1.165) is 63.2 Å². The predicted molar refractivity (Wildman–Crippen MR) is 125 cm³/mol. The van der Waals surface area contributed by atoms with Crippen LogP contribution in [0.15, 0.2) is 24.3 Å². The predicted octanol–water partition coefficient (Wildman–Crippen LogP) is 3.34. The van der Waals surface area contributed by atoms with E-state index in [1.165, 1.54) is 6.92 Å². The summed E-state index contributed by atoms with van der Waals surface area (Å²) in [6.45, 7) is 7.96. The Morgan fingerprint density at radius 2 is 2.16 bits per heavy atom. The second-order valence-corrected chi connectivity index (χ2v) is 8.63. The molecule has 1 aliphatic heterocycles. The Balaban J connectivity index is 1.45. The zero-order valence-electron chi connectivity index (χ0n) is 18.6. The van der Waals surface area contributed by atoms with Gasteiger partial charge in [-0.1, -0.05) is 36.8 Å². The highest BCUT2D eigenvalue weighted by atomic mass is 35.5. The average molecular weight is 460 g/mol. The molecule has 1 saturated heterocycles. The molecule has 2 N–H and O–H groups in total. The number of imidazole rings is 1. The zero-order valence-corrected chi connectivity index (χ0v) is 19.3. The van der Waals surface area contributed by atoms with Gasteiger partial charge in [0.2, 0.25) is 5.91 Å². The number of nitrogens with one attached hydrogen (secondary N) is 2. The molecule has 2 aromatic heterocycles. The van der Waals surface area contributed by atoms with Crippen LogP contribution in [0.2, 0.25) is 5.02 Å². The number of carbonyl (C=O) groups excluding carboxylic acids is 1. The molecule has 1 amide bonds. The van der Waals surface area contributed by atoms with Crippen LogP contribution < -0.4 is 10.1 Å². The minimum atomic E-state index is -0.0153. The smallest absolute Gasteiger partial charge is 0.296 e. The lowest BCUT2D eigenvalue weighted by molar-refractivity contribution is -0.120. The van der Waals surface area contributed by atoms with Gasteiger partial charge in [0.05, 0.1) is 29.4 Å². The van der Waals surface area contributed by atoms with Gasteiger partial charge in [-0.2, -0.15) is 4.98 Å². The number of nitrogens with zero attached hydrogens (tertiary/aromatic N) is 3. The molecule has 8 nitrogen and oxygen atoms in total. The standard InChI is InChI=1S/C23H30ClN5O3/c1-3-5-16(6-4-7-29-8-10-31-11-9-29)21-19(24)14-20-22(27-21)28-23(26-20)32-18-12-17(13-18)25-15(2)30/h4-6,14,17-18H,3,7-13H2,1-2H3,(H,25,30)(H,26,27,28)/b6-4-,16-5+/t17-,18+. The van der Waals surface area contributed by atoms with Gasteiger partial charge in [-0.3, -0.25) is 9.69 Å². The van der Waals surface area contributed by atoms with Crippen LogP contribution in [-0.2, 0) is 9.53 Å². The summed E-state index contributed by atoms with van der Waals surface area (Å²) < 4.78 is 11.3. The molecule has 0 radical (unpaired) electrons. The summed E-state index contributed by atoms with van der Waals surface area (Å²) in [4.78, 5) is 25.9. The fourth-order valence-corrected chi connectivity index (χ4v) is 4.22. The summed E-state index contributed by atoms with van der Waals surface area (Å²) in [5, 5.41) is 3.46. The van der Waals surface area contributed by atoms with Crippen LogP contribution in [0.5, 0.6) is 6.01 Å². The van der Waals surface area contributed by atoms with Crippen molar-refractivity contribution in [1.29, 1.82) is 0 Å². The normalized spacial score (nSPS) is 22.3. The summed E-state index contributed by atoms with van der Waals surface area (Å²) in [5.41, 5.74) is 3.00. The maximum atomic E-state index is 11.1. The van der Waals surface area contributed by atoms with Gasteiger partial charge in [-0.25, -0.2) is 4.98 Å². The second kappa shape index (κ2) is 10.5. The number of halogens is 1. The molecule has 4 rings (SSSR count). The number of rotatable bonds is 8. The van der Waals surface area contributed by atoms with Gasteiger partial charge in [0.15, 0.2) is 5.65 Å². The van der Waals surface area contributed by atoms with Crippen molar-refractivity contribution in [3.05, 3.63) is 35.0 Å². The van der Waals surface area contributed by atoms with Gasteiger partial charge in [0, 0.05) is 45.4 Å². The number of hydrogen-bond donors (Lipinski definition) is 2. The number of ether oxygens (including phenoxy) is 2. The molecular weight excluding hydrogens is 430 g/mol. The molecule has 1 aliphatic carbocycles. The number of hydrogen-bond acceptors (Lipinski definition) is 6. The third-order valence-electron chi connectivity index (χ3n) is 5.65. The van der Waals surface area contributed by atoms with E-state index in [-0.39, 0.29) is 18.1 Å². The summed E-state index contributed by atoms with van der Waals surface area (Å²) >= 11 is 6.59. The second-order valence-electron chi connectivity index (χ2n) is 8.22. The van der Waals surface area contributed by atoms with Crippen molar-refractivity contribution in [3.8, 4) is 6.01 Å². The number of amides is 1. The van der Waals surface area contributed by atoms with Crippen LogP contribution in [0.25, 0.3) is 16.7 Å². The third kappa shape index (κ3) is 5.68. The first kappa shape index (κ1) is 22.8. The maximum absolute atomic E-state index is 11.1. The van der Waals surface area contributed by atoms with Gasteiger partial charge in [-0.15, -0.1) is 0 Å². The number of fused-ring (bicyclic) bond motifs is 1. The van der Waals surface area contributed by atoms with E-state index in [9.17, 15) is 4.79 Å². The Hall–Kier alpha value is -2.42. The van der Waals surface area contributed by atoms with Gasteiger partial charge in [0.1, 0.15) is 6.10 Å². The van der Waals surface area contributed by atoms with Gasteiger partial charge < -0.3 is 19.8 Å². The molecule has 0 spiro atoms. The largest absolute Gasteiger partial charge is 0.461 e. The fraction of sp³-hybridized carbons (Fsp3) is 0.522. The van der Waals surface area contributed by atoms with Crippen molar-refractivity contribution in [2.24, 2.45) is 0 Å². The van der Waals surface area contributed by atoms with Crippen LogP contribution in [0.3, 0.4) is 0 Å². The Kier molecular flexibility index (Phi) is 7.44. The molecule has 172 valence electrons. The molecule has 2 fully saturated rings. The van der Waals surface area contributed by atoms with Crippen molar-refractivity contribution in [2.45, 2.75) is 45.3 Å². The lowest BCUT2D eigenvalue weighted by Gasteiger charge is -2.34. The molecular formula is C23H30ClN5O3. The van der Waals surface area contributed by atoms with Crippen LogP contribution in [0.1, 0.15) is 38.8 Å². The highest BCUT2D eigenvalue weighted by Crippen LogP contribution is 2.29. The number of H-pyrrole nitrogens is 1. The van der Waals surface area contributed by atoms with Gasteiger partial charge in [-0.05, 0) is 18.1 Å². The van der Waals surface area contributed by atoms with Crippen molar-refractivity contribution in [2.75, 3.05) is 32.8 Å². The van der Waals surface area contributed by atoms with Crippen molar-refractivity contribution in [1.82, 2.24) is 25.2 Å². The highest BCUT2D eigenvalue weighted by molar-refractivity contribution is 6.32. The van der Waals surface area contributed by atoms with Crippen LogP contribution >= 0.6 is 11.6 Å². The Labute approximate surface area is 193 Å². The van der Waals surface area contributed by atoms with Crippen LogP contribution in [0.4, 0.5) is 0 Å². The van der Waals surface area contributed by atoms with E-state index in [2.05, 4.69) is 45.3 Å². The maximum Gasteiger partial charge on any atom is 0.296 e. The first-order valence-corrected chi connectivity index (χ1v) is 11.6. The molecule has 2 aliphatic rings. The molecule has 0 aromatic carbocycles. The minimum absolute atomic E-state index is 0.0153. The van der Waals surface area contributed by atoms with E-state index in [4.69, 9.17) is 26.1 Å². The van der Waals surface area contributed by atoms with E-state index >= 15 is 0 Å². The number of aromatic nitrogens is 3. The monoisotopic (exact) mass is 459 g/mol. The molecule has 3 heterocycles. The van der Waals surface area contributed by atoms with Gasteiger partial charge in [0.25, 0.3) is 6.01 Å². The van der Waals surface area contributed by atoms with Crippen LogP contribution in [0, 0.1) is 0 Å². The molecule has 1 saturated carbocycles. The number of aromatic amines is 1. The number of allylic oxidation sites excluding steroid dienone is 3. The molecule has 0 atom stereocenters. The van der Waals surface area contributed by atoms with E-state index in [1.54, 1.807) is 0 Å². The average Bonchev–Trinajstić information content (AvgIpc) is 3.12. The Morgan fingerprint density at radius 3 is 2.88 bits per heavy atom. The number of carbonyl (C=O) groups is 1. The number of morpholine rings is 1. The summed E-state index contributed by atoms with van der Waals surface area (Å²) in [7, 11) is 0. The highest BCUT2D eigenvalue weighted by Gasteiger charge is 2.32. The van der Waals surface area contributed by atoms with Crippen molar-refractivity contribution in [3.63, 3.8) is 0 Å². The molecule has 0 bridgehead atoms. The quantitative estimate of drug-likeness (QED) is 0.588. The minimum Gasteiger partial charge on any atom is -0.461 e. The van der Waals surface area contributed by atoms with E-state index in [1.807, 2.05) is 6.07 Å². The Bertz CT molecular complexity index is 1010. The van der Waals surface area contributed by atoms with Crippen LogP contribution in [-0.4, -0.2) is 70.8 Å². The lowest BCUT2D eigenvalue weighted by Crippen LogP contribution is -2.48. The summed E-state index contributed by atoms with van der Waals surface area (Å²) in [6, 6.07) is 2.45. The molecule has 9 heteroatoms. The van der Waals surface area contributed by atoms with Crippen molar-refractivity contribution < 1.29 is 14.3 Å². The molecule has 0 unspecified atom stereocenters. The first-order valence-electron chi connectivity index (χ1n) is 11.2.